The molecule has 1 saturated carbocycles. The molecule has 0 bridgehead atoms. The molecule has 38 heavy (non-hydrogen) atoms. The van der Waals surface area contributed by atoms with Gasteiger partial charge in [0, 0.05) is 37.6 Å². The van der Waals surface area contributed by atoms with Gasteiger partial charge in [0.1, 0.15) is 18.4 Å². The lowest BCUT2D eigenvalue weighted by Crippen LogP contribution is -2.48. The standard InChI is InChI=1S/C19H35NO5.C9H17NO3/c1-19(2,3)20-16(18(22)24-5)10-11-17(21)25-13-15-8-6-14(7-9-15)12-23-4;1-9(2,3)10-7(5-6-11)8(12)13-4/h14-16,20H,6-13H2,1-5H3;6-7,10H,5H2,1-4H3. The van der Waals surface area contributed by atoms with Gasteiger partial charge in [0.2, 0.25) is 0 Å². The van der Waals surface area contributed by atoms with Gasteiger partial charge >= 0.3 is 17.9 Å². The SMILES string of the molecule is COC(=O)C(CC=O)NC(C)(C)C.COCC1CCC(COC(=O)CCC(NC(C)(C)C)C(=O)OC)CC1. The molecular weight excluding hydrogens is 492 g/mol. The molecule has 0 radical (unpaired) electrons. The molecule has 0 aromatic rings. The Morgan fingerprint density at radius 1 is 0.789 bits per heavy atom. The summed E-state index contributed by atoms with van der Waals surface area (Å²) in [5, 5.41) is 6.19. The maximum absolute atomic E-state index is 12.0. The van der Waals surface area contributed by atoms with E-state index in [0.717, 1.165) is 32.3 Å². The van der Waals surface area contributed by atoms with Gasteiger partial charge in [0.15, 0.2) is 0 Å². The van der Waals surface area contributed by atoms with Gasteiger partial charge in [-0.3, -0.25) is 25.0 Å². The lowest BCUT2D eigenvalue weighted by Gasteiger charge is -2.28. The third-order valence-electron chi connectivity index (χ3n) is 6.00. The zero-order valence-corrected chi connectivity index (χ0v) is 25.0. The fourth-order valence-corrected chi connectivity index (χ4v) is 4.23. The van der Waals surface area contributed by atoms with Gasteiger partial charge in [-0.15, -0.1) is 0 Å². The highest BCUT2D eigenvalue weighted by molar-refractivity contribution is 5.79. The molecule has 2 N–H and O–H groups in total. The van der Waals surface area contributed by atoms with Crippen molar-refractivity contribution < 1.29 is 38.1 Å². The molecule has 1 aliphatic carbocycles. The lowest BCUT2D eigenvalue weighted by atomic mass is 9.83. The second-order valence-electron chi connectivity index (χ2n) is 11.9. The topological polar surface area (TPSA) is 129 Å². The first-order valence-corrected chi connectivity index (χ1v) is 13.4. The summed E-state index contributed by atoms with van der Waals surface area (Å²) >= 11 is 0. The van der Waals surface area contributed by atoms with Crippen LogP contribution in [0.4, 0.5) is 0 Å². The van der Waals surface area contributed by atoms with E-state index in [9.17, 15) is 19.2 Å². The third-order valence-corrected chi connectivity index (χ3v) is 6.00. The summed E-state index contributed by atoms with van der Waals surface area (Å²) in [4.78, 5) is 45.3. The van der Waals surface area contributed by atoms with Gasteiger partial charge in [-0.1, -0.05) is 0 Å². The van der Waals surface area contributed by atoms with Crippen molar-refractivity contribution in [2.75, 3.05) is 34.5 Å². The average molecular weight is 545 g/mol. The number of carbonyl (C=O) groups is 4. The fraction of sp³-hybridized carbons (Fsp3) is 0.857. The molecule has 0 spiro atoms. The van der Waals surface area contributed by atoms with Crippen LogP contribution in [-0.4, -0.2) is 81.9 Å². The number of rotatable bonds is 13. The van der Waals surface area contributed by atoms with Crippen LogP contribution in [0.3, 0.4) is 0 Å². The summed E-state index contributed by atoms with van der Waals surface area (Å²) in [6.07, 6.45) is 5.87. The fourth-order valence-electron chi connectivity index (χ4n) is 4.23. The van der Waals surface area contributed by atoms with E-state index < -0.39 is 18.1 Å². The van der Waals surface area contributed by atoms with E-state index in [0.29, 0.717) is 31.1 Å². The van der Waals surface area contributed by atoms with Crippen molar-refractivity contribution in [3.8, 4) is 0 Å². The van der Waals surface area contributed by atoms with Crippen LogP contribution in [0.1, 0.15) is 86.5 Å². The Labute approximate surface area is 229 Å². The maximum Gasteiger partial charge on any atom is 0.323 e. The van der Waals surface area contributed by atoms with E-state index in [-0.39, 0.29) is 35.9 Å². The lowest BCUT2D eigenvalue weighted by molar-refractivity contribution is -0.147. The first kappa shape index (κ1) is 36.0. The first-order valence-electron chi connectivity index (χ1n) is 13.4. The van der Waals surface area contributed by atoms with E-state index >= 15 is 0 Å². The molecule has 10 nitrogen and oxygen atoms in total. The second kappa shape index (κ2) is 18.3. The minimum absolute atomic E-state index is 0.143. The number of hydrogen-bond acceptors (Lipinski definition) is 10. The Morgan fingerprint density at radius 2 is 1.24 bits per heavy atom. The molecule has 10 heteroatoms. The van der Waals surface area contributed by atoms with Gasteiger partial charge in [0.05, 0.1) is 20.8 Å². The monoisotopic (exact) mass is 544 g/mol. The first-order chi connectivity index (χ1) is 17.6. The van der Waals surface area contributed by atoms with Crippen molar-refractivity contribution in [2.24, 2.45) is 11.8 Å². The Bertz CT molecular complexity index is 707. The number of carbonyl (C=O) groups excluding carboxylic acids is 4. The zero-order valence-electron chi connectivity index (χ0n) is 25.0. The molecule has 1 rings (SSSR count). The Balaban J connectivity index is 0.000000889. The van der Waals surface area contributed by atoms with Crippen molar-refractivity contribution in [3.05, 3.63) is 0 Å². The molecule has 0 amide bonds. The van der Waals surface area contributed by atoms with E-state index in [1.807, 2.05) is 41.5 Å². The molecule has 0 aromatic carbocycles. The number of methoxy groups -OCH3 is 3. The predicted molar refractivity (Wildman–Crippen MR) is 146 cm³/mol. The van der Waals surface area contributed by atoms with Crippen LogP contribution in [0.15, 0.2) is 0 Å². The molecule has 0 aromatic heterocycles. The molecule has 0 heterocycles. The van der Waals surface area contributed by atoms with Gasteiger partial charge in [-0.05, 0) is 85.5 Å². The van der Waals surface area contributed by atoms with Crippen LogP contribution in [0.25, 0.3) is 0 Å². The van der Waals surface area contributed by atoms with Crippen molar-refractivity contribution in [1.29, 1.82) is 0 Å². The minimum atomic E-state index is -0.539. The van der Waals surface area contributed by atoms with Gasteiger partial charge in [0.25, 0.3) is 0 Å². The number of ether oxygens (including phenoxy) is 4. The summed E-state index contributed by atoms with van der Waals surface area (Å²) in [6, 6.07) is -1.04. The summed E-state index contributed by atoms with van der Waals surface area (Å²) in [6.45, 7) is 13.0. The molecule has 222 valence electrons. The molecule has 1 aliphatic rings. The Hall–Kier alpha value is -2.04. The van der Waals surface area contributed by atoms with Crippen molar-refractivity contribution in [3.63, 3.8) is 0 Å². The highest BCUT2D eigenvalue weighted by Gasteiger charge is 2.27. The number of nitrogens with one attached hydrogen (secondary N) is 2. The van der Waals surface area contributed by atoms with Gasteiger partial charge in [-0.2, -0.15) is 0 Å². The molecule has 2 unspecified atom stereocenters. The predicted octanol–water partition coefficient (Wildman–Crippen LogP) is 3.20. The highest BCUT2D eigenvalue weighted by atomic mass is 16.5. The quantitative estimate of drug-likeness (QED) is 0.203. The largest absolute Gasteiger partial charge is 0.468 e. The zero-order chi connectivity index (χ0) is 29.4. The summed E-state index contributed by atoms with van der Waals surface area (Å²) in [5.74, 6) is 0.0900. The number of hydrogen-bond donors (Lipinski definition) is 2. The maximum atomic E-state index is 12.0. The van der Waals surface area contributed by atoms with Crippen LogP contribution < -0.4 is 10.6 Å². The molecule has 2 atom stereocenters. The van der Waals surface area contributed by atoms with Crippen LogP contribution >= 0.6 is 0 Å². The molecule has 0 saturated heterocycles. The van der Waals surface area contributed by atoms with Crippen LogP contribution in [-0.2, 0) is 38.1 Å². The summed E-state index contributed by atoms with van der Waals surface area (Å²) in [7, 11) is 4.41. The smallest absolute Gasteiger partial charge is 0.323 e. The van der Waals surface area contributed by atoms with E-state index in [4.69, 9.17) is 14.2 Å². The van der Waals surface area contributed by atoms with Crippen molar-refractivity contribution in [1.82, 2.24) is 10.6 Å². The van der Waals surface area contributed by atoms with Gasteiger partial charge in [-0.25, -0.2) is 0 Å². The Morgan fingerprint density at radius 3 is 1.66 bits per heavy atom. The second-order valence-corrected chi connectivity index (χ2v) is 11.9. The van der Waals surface area contributed by atoms with E-state index in [1.54, 1.807) is 7.11 Å². The number of esters is 3. The molecule has 0 aliphatic heterocycles. The van der Waals surface area contributed by atoms with Crippen molar-refractivity contribution in [2.45, 2.75) is 110 Å². The summed E-state index contributed by atoms with van der Waals surface area (Å²) < 4.78 is 20.0. The highest BCUT2D eigenvalue weighted by Crippen LogP contribution is 2.29. The number of aldehydes is 1. The minimum Gasteiger partial charge on any atom is -0.468 e. The van der Waals surface area contributed by atoms with Crippen LogP contribution in [0.2, 0.25) is 0 Å². The summed E-state index contributed by atoms with van der Waals surface area (Å²) in [5.41, 5.74) is -0.439. The average Bonchev–Trinajstić information content (AvgIpc) is 2.84. The molecule has 1 fully saturated rings. The van der Waals surface area contributed by atoms with Crippen LogP contribution in [0.5, 0.6) is 0 Å². The van der Waals surface area contributed by atoms with Gasteiger partial charge < -0.3 is 23.7 Å². The molecular formula is C28H52N2O8. The van der Waals surface area contributed by atoms with Crippen molar-refractivity contribution >= 4 is 24.2 Å². The normalized spacial score (nSPS) is 19.3. The third kappa shape index (κ3) is 17.5. The van der Waals surface area contributed by atoms with E-state index in [2.05, 4.69) is 15.4 Å². The van der Waals surface area contributed by atoms with E-state index in [1.165, 1.54) is 14.2 Å². The van der Waals surface area contributed by atoms with Crippen LogP contribution in [0, 0.1) is 11.8 Å². The Kier molecular flexibility index (Phi) is 17.3.